The summed E-state index contributed by atoms with van der Waals surface area (Å²) >= 11 is 0. The molecule has 0 aliphatic rings. The molecule has 1 aromatic carbocycles. The number of halogens is 1. The van der Waals surface area contributed by atoms with Gasteiger partial charge in [0.25, 0.3) is 5.56 Å². The fraction of sp³-hybridized carbons (Fsp3) is 0.154. The van der Waals surface area contributed by atoms with Crippen molar-refractivity contribution in [2.75, 3.05) is 0 Å². The van der Waals surface area contributed by atoms with Crippen LogP contribution in [-0.4, -0.2) is 20.6 Å². The van der Waals surface area contributed by atoms with Crippen LogP contribution in [0.3, 0.4) is 0 Å². The van der Waals surface area contributed by atoms with E-state index >= 15 is 0 Å². The van der Waals surface area contributed by atoms with Crippen LogP contribution in [0.5, 0.6) is 0 Å². The smallest absolute Gasteiger partial charge is 0.323 e. The van der Waals surface area contributed by atoms with Crippen LogP contribution in [0.15, 0.2) is 35.1 Å². The number of benzene rings is 1. The largest absolute Gasteiger partial charge is 0.480 e. The minimum atomic E-state index is -1.11. The van der Waals surface area contributed by atoms with Gasteiger partial charge in [-0.1, -0.05) is 0 Å². The van der Waals surface area contributed by atoms with Gasteiger partial charge in [-0.15, -0.1) is 0 Å². The molecule has 19 heavy (non-hydrogen) atoms. The molecule has 1 N–H and O–H groups in total. The van der Waals surface area contributed by atoms with Gasteiger partial charge >= 0.3 is 5.97 Å². The van der Waals surface area contributed by atoms with Crippen LogP contribution < -0.4 is 5.56 Å². The first-order valence-electron chi connectivity index (χ1n) is 5.53. The predicted molar refractivity (Wildman–Crippen MR) is 66.3 cm³/mol. The molecule has 2 aromatic rings. The van der Waals surface area contributed by atoms with E-state index in [0.717, 1.165) is 4.57 Å². The first-order chi connectivity index (χ1) is 8.97. The molecule has 1 heterocycles. The maximum atomic E-state index is 12.8. The van der Waals surface area contributed by atoms with Crippen LogP contribution >= 0.6 is 0 Å². The first-order valence-corrected chi connectivity index (χ1v) is 5.53. The van der Waals surface area contributed by atoms with E-state index in [2.05, 4.69) is 4.98 Å². The van der Waals surface area contributed by atoms with E-state index in [1.54, 1.807) is 6.92 Å². The highest BCUT2D eigenvalue weighted by molar-refractivity contribution is 5.66. The molecule has 1 aromatic heterocycles. The Kier molecular flexibility index (Phi) is 3.41. The third-order valence-corrected chi connectivity index (χ3v) is 2.63. The molecule has 0 fully saturated rings. The Balaban J connectivity index is 2.48. The minimum Gasteiger partial charge on any atom is -0.480 e. The van der Waals surface area contributed by atoms with Crippen LogP contribution in [0.2, 0.25) is 0 Å². The topological polar surface area (TPSA) is 72.2 Å². The molecule has 2 rings (SSSR count). The Morgan fingerprint density at radius 1 is 1.37 bits per heavy atom. The average molecular weight is 262 g/mol. The zero-order chi connectivity index (χ0) is 14.0. The van der Waals surface area contributed by atoms with Crippen LogP contribution in [0.25, 0.3) is 11.3 Å². The number of carboxylic acids is 1. The number of rotatable bonds is 3. The number of nitrogens with zero attached hydrogens (tertiary/aromatic N) is 2. The summed E-state index contributed by atoms with van der Waals surface area (Å²) in [6, 6.07) is 6.81. The quantitative estimate of drug-likeness (QED) is 0.908. The van der Waals surface area contributed by atoms with Gasteiger partial charge in [-0.3, -0.25) is 14.2 Å². The number of hydrogen-bond donors (Lipinski definition) is 1. The standard InChI is InChI=1S/C13H11FN2O3/c1-8-15-11(9-2-4-10(14)5-3-9)6-12(17)16(8)7-13(18)19/h2-6H,7H2,1H3,(H,18,19). The Morgan fingerprint density at radius 3 is 2.53 bits per heavy atom. The van der Waals surface area contributed by atoms with E-state index in [1.807, 2.05) is 0 Å². The highest BCUT2D eigenvalue weighted by atomic mass is 19.1. The molecule has 0 radical (unpaired) electrons. The van der Waals surface area contributed by atoms with Crippen LogP contribution in [0.4, 0.5) is 4.39 Å². The summed E-state index contributed by atoms with van der Waals surface area (Å²) in [6.07, 6.45) is 0. The Labute approximate surface area is 108 Å². The molecule has 0 amide bonds. The lowest BCUT2D eigenvalue weighted by molar-refractivity contribution is -0.137. The van der Waals surface area contributed by atoms with Crippen molar-refractivity contribution in [1.29, 1.82) is 0 Å². The number of aryl methyl sites for hydroxylation is 1. The fourth-order valence-corrected chi connectivity index (χ4v) is 1.72. The van der Waals surface area contributed by atoms with Crippen molar-refractivity contribution in [3.8, 4) is 11.3 Å². The second kappa shape index (κ2) is 5.01. The zero-order valence-corrected chi connectivity index (χ0v) is 10.1. The molecule has 0 atom stereocenters. The number of hydrogen-bond acceptors (Lipinski definition) is 3. The first kappa shape index (κ1) is 12.9. The second-order valence-electron chi connectivity index (χ2n) is 4.01. The fourth-order valence-electron chi connectivity index (χ4n) is 1.72. The monoisotopic (exact) mass is 262 g/mol. The maximum Gasteiger partial charge on any atom is 0.323 e. The number of carboxylic acid groups (broad SMARTS) is 1. The van der Waals surface area contributed by atoms with Crippen molar-refractivity contribution >= 4 is 5.97 Å². The molecule has 0 bridgehead atoms. The Bertz CT molecular complexity index is 677. The van der Waals surface area contributed by atoms with E-state index in [9.17, 15) is 14.0 Å². The molecule has 0 unspecified atom stereocenters. The summed E-state index contributed by atoms with van der Waals surface area (Å²) in [5.74, 6) is -1.18. The van der Waals surface area contributed by atoms with Gasteiger partial charge in [0.1, 0.15) is 18.2 Å². The Hall–Kier alpha value is -2.50. The summed E-state index contributed by atoms with van der Waals surface area (Å²) in [5, 5.41) is 8.70. The van der Waals surface area contributed by atoms with Crippen molar-refractivity contribution in [1.82, 2.24) is 9.55 Å². The van der Waals surface area contributed by atoms with Gasteiger partial charge in [-0.05, 0) is 31.2 Å². The number of aromatic nitrogens is 2. The van der Waals surface area contributed by atoms with Crippen molar-refractivity contribution < 1.29 is 14.3 Å². The lowest BCUT2D eigenvalue weighted by Gasteiger charge is -2.08. The molecule has 6 heteroatoms. The minimum absolute atomic E-state index is 0.300. The highest BCUT2D eigenvalue weighted by Gasteiger charge is 2.09. The van der Waals surface area contributed by atoms with Gasteiger partial charge in [0.05, 0.1) is 5.69 Å². The zero-order valence-electron chi connectivity index (χ0n) is 10.1. The van der Waals surface area contributed by atoms with Crippen LogP contribution in [-0.2, 0) is 11.3 Å². The molecule has 5 nitrogen and oxygen atoms in total. The van der Waals surface area contributed by atoms with Gasteiger partial charge in [0.15, 0.2) is 0 Å². The van der Waals surface area contributed by atoms with Gasteiger partial charge in [0, 0.05) is 11.6 Å². The van der Waals surface area contributed by atoms with Gasteiger partial charge in [0.2, 0.25) is 0 Å². The van der Waals surface area contributed by atoms with E-state index in [1.165, 1.54) is 30.3 Å². The van der Waals surface area contributed by atoms with Gasteiger partial charge < -0.3 is 5.11 Å². The van der Waals surface area contributed by atoms with E-state index in [4.69, 9.17) is 5.11 Å². The summed E-state index contributed by atoms with van der Waals surface area (Å²) in [4.78, 5) is 26.6. The van der Waals surface area contributed by atoms with E-state index in [-0.39, 0.29) is 5.82 Å². The molecule has 0 spiro atoms. The van der Waals surface area contributed by atoms with Gasteiger partial charge in [-0.25, -0.2) is 9.37 Å². The predicted octanol–water partition coefficient (Wildman–Crippen LogP) is 1.44. The lowest BCUT2D eigenvalue weighted by atomic mass is 10.1. The SMILES string of the molecule is Cc1nc(-c2ccc(F)cc2)cc(=O)n1CC(=O)O. The molecular weight excluding hydrogens is 251 g/mol. The van der Waals surface area contributed by atoms with Crippen LogP contribution in [0, 0.1) is 12.7 Å². The maximum absolute atomic E-state index is 12.8. The third-order valence-electron chi connectivity index (χ3n) is 2.63. The van der Waals surface area contributed by atoms with Crippen molar-refractivity contribution in [2.45, 2.75) is 13.5 Å². The van der Waals surface area contributed by atoms with E-state index in [0.29, 0.717) is 17.1 Å². The molecule has 0 aliphatic carbocycles. The summed E-state index contributed by atoms with van der Waals surface area (Å²) < 4.78 is 13.9. The highest BCUT2D eigenvalue weighted by Crippen LogP contribution is 2.16. The number of aliphatic carboxylic acids is 1. The number of carbonyl (C=O) groups is 1. The normalized spacial score (nSPS) is 10.4. The van der Waals surface area contributed by atoms with Crippen molar-refractivity contribution in [3.05, 3.63) is 52.3 Å². The summed E-state index contributed by atoms with van der Waals surface area (Å²) in [7, 11) is 0. The molecule has 98 valence electrons. The molecule has 0 aliphatic heterocycles. The third kappa shape index (κ3) is 2.85. The van der Waals surface area contributed by atoms with Crippen molar-refractivity contribution in [3.63, 3.8) is 0 Å². The Morgan fingerprint density at radius 2 is 2.00 bits per heavy atom. The second-order valence-corrected chi connectivity index (χ2v) is 4.01. The lowest BCUT2D eigenvalue weighted by Crippen LogP contribution is -2.26. The molecule has 0 saturated heterocycles. The van der Waals surface area contributed by atoms with Crippen LogP contribution in [0.1, 0.15) is 5.82 Å². The van der Waals surface area contributed by atoms with Gasteiger partial charge in [-0.2, -0.15) is 0 Å². The summed E-state index contributed by atoms with van der Waals surface area (Å²) in [5.41, 5.74) is 0.544. The van der Waals surface area contributed by atoms with E-state index < -0.39 is 18.1 Å². The average Bonchev–Trinajstić information content (AvgIpc) is 2.34. The van der Waals surface area contributed by atoms with Crippen molar-refractivity contribution in [2.24, 2.45) is 0 Å². The molecular formula is C13H11FN2O3. The summed E-state index contributed by atoms with van der Waals surface area (Å²) in [6.45, 7) is 1.12. The molecule has 0 saturated carbocycles.